The van der Waals surface area contributed by atoms with Gasteiger partial charge in [0.15, 0.2) is 11.5 Å². The summed E-state index contributed by atoms with van der Waals surface area (Å²) in [5.41, 5.74) is 3.27. The Balaban J connectivity index is 1.41. The highest BCUT2D eigenvalue weighted by molar-refractivity contribution is 6.06. The molecule has 0 bridgehead atoms. The van der Waals surface area contributed by atoms with Gasteiger partial charge >= 0.3 is 0 Å². The van der Waals surface area contributed by atoms with Gasteiger partial charge in [-0.05, 0) is 37.1 Å². The van der Waals surface area contributed by atoms with Crippen LogP contribution in [0.4, 0.5) is 17.2 Å². The van der Waals surface area contributed by atoms with Crippen LogP contribution in [0.1, 0.15) is 23.0 Å². The fraction of sp³-hybridized carbons (Fsp3) is 0.190. The van der Waals surface area contributed by atoms with Crippen molar-refractivity contribution in [2.45, 2.75) is 19.4 Å². The van der Waals surface area contributed by atoms with Gasteiger partial charge < -0.3 is 19.7 Å². The molecule has 7 heteroatoms. The molecule has 5 rings (SSSR count). The van der Waals surface area contributed by atoms with Crippen LogP contribution < -0.4 is 19.7 Å². The Morgan fingerprint density at radius 2 is 1.96 bits per heavy atom. The first kappa shape index (κ1) is 16.6. The van der Waals surface area contributed by atoms with Crippen molar-refractivity contribution >= 4 is 23.1 Å². The van der Waals surface area contributed by atoms with Gasteiger partial charge in [0.05, 0.1) is 0 Å². The number of aromatic nitrogens is 2. The van der Waals surface area contributed by atoms with Crippen LogP contribution in [0, 0.1) is 0 Å². The third-order valence-electron chi connectivity index (χ3n) is 4.96. The van der Waals surface area contributed by atoms with Gasteiger partial charge in [0.1, 0.15) is 17.8 Å². The van der Waals surface area contributed by atoms with Crippen LogP contribution in [-0.2, 0) is 6.42 Å². The first-order valence-electron chi connectivity index (χ1n) is 9.09. The lowest BCUT2D eigenvalue weighted by molar-refractivity contribution is 0.0976. The number of para-hydroxylation sites is 1. The number of nitrogens with one attached hydrogen (secondary N) is 1. The van der Waals surface area contributed by atoms with Crippen molar-refractivity contribution in [1.82, 2.24) is 9.97 Å². The highest BCUT2D eigenvalue weighted by atomic mass is 16.7. The Hall–Kier alpha value is -3.61. The van der Waals surface area contributed by atoms with Crippen molar-refractivity contribution in [3.63, 3.8) is 0 Å². The molecule has 140 valence electrons. The standard InChI is InChI=1S/C21H18N4O3/c1-13-8-14-4-2-3-5-17(14)25(13)21(26)16-10-20(23-11-22-16)24-15-6-7-18-19(9-15)28-12-27-18/h2-7,9-11,13H,8,12H2,1H3,(H,22,23,24). The van der Waals surface area contributed by atoms with Crippen molar-refractivity contribution in [2.24, 2.45) is 0 Å². The van der Waals surface area contributed by atoms with E-state index in [0.717, 1.165) is 17.8 Å². The van der Waals surface area contributed by atoms with Crippen LogP contribution in [0.5, 0.6) is 11.5 Å². The average Bonchev–Trinajstić information content (AvgIpc) is 3.30. The van der Waals surface area contributed by atoms with E-state index in [-0.39, 0.29) is 18.7 Å². The fourth-order valence-corrected chi connectivity index (χ4v) is 3.66. The van der Waals surface area contributed by atoms with Gasteiger partial charge in [0.2, 0.25) is 6.79 Å². The van der Waals surface area contributed by atoms with E-state index in [9.17, 15) is 4.79 Å². The minimum Gasteiger partial charge on any atom is -0.454 e. The van der Waals surface area contributed by atoms with Gasteiger partial charge in [0, 0.05) is 29.5 Å². The maximum Gasteiger partial charge on any atom is 0.277 e. The molecule has 0 spiro atoms. The molecule has 3 heterocycles. The quantitative estimate of drug-likeness (QED) is 0.756. The second-order valence-electron chi connectivity index (χ2n) is 6.84. The minimum absolute atomic E-state index is 0.0881. The van der Waals surface area contributed by atoms with Gasteiger partial charge in [-0.15, -0.1) is 0 Å². The Morgan fingerprint density at radius 3 is 2.89 bits per heavy atom. The van der Waals surface area contributed by atoms with Crippen molar-refractivity contribution in [1.29, 1.82) is 0 Å². The number of hydrogen-bond donors (Lipinski definition) is 1. The van der Waals surface area contributed by atoms with E-state index in [0.29, 0.717) is 23.0 Å². The Bertz CT molecular complexity index is 1070. The molecule has 1 N–H and O–H groups in total. The number of fused-ring (bicyclic) bond motifs is 2. The molecular formula is C21H18N4O3. The highest BCUT2D eigenvalue weighted by Crippen LogP contribution is 2.35. The van der Waals surface area contributed by atoms with E-state index in [1.54, 1.807) is 6.07 Å². The molecule has 3 aromatic rings. The van der Waals surface area contributed by atoms with E-state index in [1.807, 2.05) is 48.2 Å². The smallest absolute Gasteiger partial charge is 0.277 e. The maximum absolute atomic E-state index is 13.1. The highest BCUT2D eigenvalue weighted by Gasteiger charge is 2.32. The minimum atomic E-state index is -0.131. The zero-order valence-electron chi connectivity index (χ0n) is 15.3. The third kappa shape index (κ3) is 2.81. The Labute approximate surface area is 161 Å². The molecule has 2 aliphatic rings. The topological polar surface area (TPSA) is 76.6 Å². The van der Waals surface area contributed by atoms with E-state index in [4.69, 9.17) is 9.47 Å². The summed E-state index contributed by atoms with van der Waals surface area (Å²) in [6.07, 6.45) is 2.24. The molecule has 1 atom stereocenters. The van der Waals surface area contributed by atoms with Crippen LogP contribution in [0.15, 0.2) is 54.9 Å². The number of carbonyl (C=O) groups is 1. The first-order chi connectivity index (χ1) is 13.7. The van der Waals surface area contributed by atoms with Gasteiger partial charge in [-0.3, -0.25) is 4.79 Å². The van der Waals surface area contributed by atoms with Crippen molar-refractivity contribution < 1.29 is 14.3 Å². The molecule has 1 unspecified atom stereocenters. The molecule has 28 heavy (non-hydrogen) atoms. The summed E-state index contributed by atoms with van der Waals surface area (Å²) in [6, 6.07) is 15.3. The SMILES string of the molecule is CC1Cc2ccccc2N1C(=O)c1cc(Nc2ccc3c(c2)OCO3)ncn1. The molecule has 0 radical (unpaired) electrons. The molecule has 0 saturated heterocycles. The maximum atomic E-state index is 13.1. The Kier molecular flexibility index (Phi) is 3.86. The number of anilines is 3. The van der Waals surface area contributed by atoms with Crippen LogP contribution >= 0.6 is 0 Å². The number of carbonyl (C=O) groups excluding carboxylic acids is 1. The zero-order valence-corrected chi connectivity index (χ0v) is 15.3. The Morgan fingerprint density at radius 1 is 1.11 bits per heavy atom. The number of nitrogens with zero attached hydrogens (tertiary/aromatic N) is 3. The molecule has 0 saturated carbocycles. The van der Waals surface area contributed by atoms with Gasteiger partial charge in [-0.2, -0.15) is 0 Å². The van der Waals surface area contributed by atoms with Gasteiger partial charge in [0.25, 0.3) is 5.91 Å². The summed E-state index contributed by atoms with van der Waals surface area (Å²) in [7, 11) is 0. The lowest BCUT2D eigenvalue weighted by Gasteiger charge is -2.22. The number of hydrogen-bond acceptors (Lipinski definition) is 6. The number of rotatable bonds is 3. The number of amides is 1. The summed E-state index contributed by atoms with van der Waals surface area (Å²) >= 11 is 0. The van der Waals surface area contributed by atoms with Crippen molar-refractivity contribution in [3.05, 3.63) is 66.1 Å². The molecular weight excluding hydrogens is 356 g/mol. The normalized spacial score (nSPS) is 16.8. The average molecular weight is 374 g/mol. The predicted octanol–water partition coefficient (Wildman–Crippen LogP) is 3.54. The molecule has 2 aromatic carbocycles. The lowest BCUT2D eigenvalue weighted by Crippen LogP contribution is -2.36. The molecule has 1 amide bonds. The number of benzene rings is 2. The molecule has 2 aliphatic heterocycles. The monoisotopic (exact) mass is 374 g/mol. The second kappa shape index (κ2) is 6.53. The zero-order chi connectivity index (χ0) is 19.1. The van der Waals surface area contributed by atoms with Crippen LogP contribution in [0.25, 0.3) is 0 Å². The summed E-state index contributed by atoms with van der Waals surface area (Å²) in [5.74, 6) is 1.80. The van der Waals surface area contributed by atoms with Crippen molar-refractivity contribution in [3.8, 4) is 11.5 Å². The van der Waals surface area contributed by atoms with Crippen molar-refractivity contribution in [2.75, 3.05) is 17.0 Å². The molecule has 7 nitrogen and oxygen atoms in total. The van der Waals surface area contributed by atoms with Crippen LogP contribution in [0.2, 0.25) is 0 Å². The third-order valence-corrected chi connectivity index (χ3v) is 4.96. The van der Waals surface area contributed by atoms with Crippen LogP contribution in [-0.4, -0.2) is 28.7 Å². The summed E-state index contributed by atoms with van der Waals surface area (Å²) < 4.78 is 10.7. The van der Waals surface area contributed by atoms with E-state index < -0.39 is 0 Å². The second-order valence-corrected chi connectivity index (χ2v) is 6.84. The van der Waals surface area contributed by atoms with E-state index >= 15 is 0 Å². The van der Waals surface area contributed by atoms with E-state index in [2.05, 4.69) is 21.4 Å². The first-order valence-corrected chi connectivity index (χ1v) is 9.09. The molecule has 1 aromatic heterocycles. The summed E-state index contributed by atoms with van der Waals surface area (Å²) in [5, 5.41) is 3.19. The molecule has 0 aliphatic carbocycles. The van der Waals surface area contributed by atoms with Gasteiger partial charge in [-0.1, -0.05) is 18.2 Å². The summed E-state index contributed by atoms with van der Waals surface area (Å²) in [6.45, 7) is 2.27. The molecule has 0 fully saturated rings. The van der Waals surface area contributed by atoms with Gasteiger partial charge in [-0.25, -0.2) is 9.97 Å². The van der Waals surface area contributed by atoms with E-state index in [1.165, 1.54) is 11.9 Å². The lowest BCUT2D eigenvalue weighted by atomic mass is 10.1. The predicted molar refractivity (Wildman–Crippen MR) is 104 cm³/mol. The fourth-order valence-electron chi connectivity index (χ4n) is 3.66. The summed E-state index contributed by atoms with van der Waals surface area (Å²) in [4.78, 5) is 23.4. The largest absolute Gasteiger partial charge is 0.454 e. The number of ether oxygens (including phenoxy) is 2. The van der Waals surface area contributed by atoms with Crippen LogP contribution in [0.3, 0.4) is 0 Å².